The fourth-order valence-electron chi connectivity index (χ4n) is 1.18. The topological polar surface area (TPSA) is 77.8 Å². The summed E-state index contributed by atoms with van der Waals surface area (Å²) in [5.41, 5.74) is -5.26. The van der Waals surface area contributed by atoms with Crippen LogP contribution in [0.2, 0.25) is 10.0 Å². The van der Waals surface area contributed by atoms with Crippen LogP contribution in [0.25, 0.3) is 0 Å². The first kappa shape index (κ1) is 14.9. The number of carbonyl (C=O) groups is 1. The van der Waals surface area contributed by atoms with Gasteiger partial charge >= 0.3 is 12.1 Å². The number of aromatic hydroxyl groups is 1. The van der Waals surface area contributed by atoms with Crippen molar-refractivity contribution in [2.75, 3.05) is 0 Å². The van der Waals surface area contributed by atoms with E-state index in [0.29, 0.717) is 12.1 Å². The zero-order chi connectivity index (χ0) is 14.3. The lowest BCUT2D eigenvalue weighted by atomic mass is 9.93. The zero-order valence-corrected chi connectivity index (χ0v) is 9.81. The highest BCUT2D eigenvalue weighted by Crippen LogP contribution is 2.43. The largest absolute Gasteiger partial charge is 0.505 e. The molecule has 0 amide bonds. The molecule has 0 saturated carbocycles. The van der Waals surface area contributed by atoms with Crippen LogP contribution in [0, 0.1) is 0 Å². The Labute approximate surface area is 108 Å². The van der Waals surface area contributed by atoms with Crippen LogP contribution in [0.3, 0.4) is 0 Å². The molecular formula is C9H5Cl2F3O4. The summed E-state index contributed by atoms with van der Waals surface area (Å²) in [4.78, 5) is 10.7. The summed E-state index contributed by atoms with van der Waals surface area (Å²) in [6.45, 7) is 0. The molecule has 0 aliphatic carbocycles. The Kier molecular flexibility index (Phi) is 3.71. The minimum Gasteiger partial charge on any atom is -0.505 e. The average molecular weight is 305 g/mol. The Morgan fingerprint density at radius 2 is 1.56 bits per heavy atom. The quantitative estimate of drug-likeness (QED) is 0.784. The van der Waals surface area contributed by atoms with E-state index in [9.17, 15) is 23.1 Å². The number of halogens is 5. The summed E-state index contributed by atoms with van der Waals surface area (Å²) in [6.07, 6.45) is -5.48. The van der Waals surface area contributed by atoms with Gasteiger partial charge in [-0.15, -0.1) is 0 Å². The number of carboxylic acid groups (broad SMARTS) is 1. The van der Waals surface area contributed by atoms with Crippen LogP contribution < -0.4 is 0 Å². The highest BCUT2D eigenvalue weighted by molar-refractivity contribution is 6.37. The monoisotopic (exact) mass is 304 g/mol. The second kappa shape index (κ2) is 4.49. The van der Waals surface area contributed by atoms with Crippen LogP contribution in [-0.4, -0.2) is 27.5 Å². The predicted octanol–water partition coefficient (Wildman–Crippen LogP) is 2.53. The fourth-order valence-corrected chi connectivity index (χ4v) is 1.67. The lowest BCUT2D eigenvalue weighted by Crippen LogP contribution is -2.49. The molecule has 0 radical (unpaired) electrons. The van der Waals surface area contributed by atoms with Crippen LogP contribution in [0.15, 0.2) is 12.1 Å². The van der Waals surface area contributed by atoms with Crippen molar-refractivity contribution >= 4 is 29.2 Å². The van der Waals surface area contributed by atoms with Crippen molar-refractivity contribution in [2.24, 2.45) is 0 Å². The van der Waals surface area contributed by atoms with E-state index in [-0.39, 0.29) is 0 Å². The molecule has 100 valence electrons. The van der Waals surface area contributed by atoms with E-state index in [1.807, 2.05) is 0 Å². The first-order valence-electron chi connectivity index (χ1n) is 4.22. The lowest BCUT2D eigenvalue weighted by molar-refractivity contribution is -0.265. The molecule has 0 bridgehead atoms. The number of phenols is 1. The summed E-state index contributed by atoms with van der Waals surface area (Å²) in [7, 11) is 0. The third-order valence-corrected chi connectivity index (χ3v) is 2.73. The van der Waals surface area contributed by atoms with Gasteiger partial charge in [-0.25, -0.2) is 4.79 Å². The van der Waals surface area contributed by atoms with E-state index < -0.39 is 39.1 Å². The molecule has 0 aliphatic heterocycles. The number of hydrogen-bond donors (Lipinski definition) is 3. The molecule has 1 rings (SSSR count). The SMILES string of the molecule is O=C(O)[C@@](O)(c1cc(Cl)c(O)c(Cl)c1)C(F)(F)F. The third kappa shape index (κ3) is 2.21. The molecule has 0 fully saturated rings. The predicted molar refractivity (Wildman–Crippen MR) is 55.7 cm³/mol. The van der Waals surface area contributed by atoms with E-state index in [2.05, 4.69) is 0 Å². The standard InChI is InChI=1S/C9H5Cl2F3O4/c10-4-1-3(2-5(11)6(4)15)8(18,7(16)17)9(12,13)14/h1-2,15,18H,(H,16,17)/t8-/m0/s1. The normalized spacial score (nSPS) is 15.2. The Hall–Kier alpha value is -1.18. The minimum absolute atomic E-state index is 0.477. The van der Waals surface area contributed by atoms with Crippen molar-refractivity contribution in [2.45, 2.75) is 11.8 Å². The van der Waals surface area contributed by atoms with Crippen LogP contribution in [0.4, 0.5) is 13.2 Å². The van der Waals surface area contributed by atoms with Gasteiger partial charge in [0.05, 0.1) is 10.0 Å². The number of benzene rings is 1. The fraction of sp³-hybridized carbons (Fsp3) is 0.222. The number of carboxylic acids is 1. The van der Waals surface area contributed by atoms with Gasteiger partial charge in [0, 0.05) is 5.56 Å². The zero-order valence-electron chi connectivity index (χ0n) is 8.29. The molecule has 0 unspecified atom stereocenters. The molecule has 4 nitrogen and oxygen atoms in total. The van der Waals surface area contributed by atoms with Gasteiger partial charge in [0.15, 0.2) is 5.75 Å². The summed E-state index contributed by atoms with van der Waals surface area (Å²) in [6, 6.07) is 0.953. The molecule has 0 aromatic heterocycles. The maximum Gasteiger partial charge on any atom is 0.432 e. The van der Waals surface area contributed by atoms with Crippen molar-refractivity contribution in [3.8, 4) is 5.75 Å². The van der Waals surface area contributed by atoms with E-state index in [4.69, 9.17) is 33.4 Å². The van der Waals surface area contributed by atoms with Gasteiger partial charge < -0.3 is 15.3 Å². The molecule has 0 heterocycles. The Morgan fingerprint density at radius 1 is 1.17 bits per heavy atom. The maximum atomic E-state index is 12.6. The van der Waals surface area contributed by atoms with Gasteiger partial charge in [-0.1, -0.05) is 23.2 Å². The van der Waals surface area contributed by atoms with Crippen molar-refractivity contribution in [1.29, 1.82) is 0 Å². The highest BCUT2D eigenvalue weighted by Gasteiger charge is 2.61. The molecule has 1 aromatic carbocycles. The van der Waals surface area contributed by atoms with Crippen LogP contribution in [0.1, 0.15) is 5.56 Å². The van der Waals surface area contributed by atoms with Gasteiger partial charge in [-0.3, -0.25) is 0 Å². The van der Waals surface area contributed by atoms with Crippen LogP contribution in [-0.2, 0) is 10.4 Å². The minimum atomic E-state index is -5.48. The number of aliphatic hydroxyl groups is 1. The number of hydrogen-bond acceptors (Lipinski definition) is 3. The molecule has 1 atom stereocenters. The number of phenolic OH excluding ortho intramolecular Hbond substituents is 1. The smallest absolute Gasteiger partial charge is 0.432 e. The Bertz CT molecular complexity index is 480. The van der Waals surface area contributed by atoms with E-state index in [0.717, 1.165) is 0 Å². The number of aliphatic carboxylic acids is 1. The Morgan fingerprint density at radius 3 is 1.83 bits per heavy atom. The first-order chi connectivity index (χ1) is 8.01. The number of rotatable bonds is 2. The molecular weight excluding hydrogens is 300 g/mol. The van der Waals surface area contributed by atoms with E-state index >= 15 is 0 Å². The van der Waals surface area contributed by atoms with Crippen molar-refractivity contribution in [1.82, 2.24) is 0 Å². The first-order valence-corrected chi connectivity index (χ1v) is 4.98. The molecule has 0 spiro atoms. The summed E-state index contributed by atoms with van der Waals surface area (Å²) >= 11 is 10.7. The molecule has 9 heteroatoms. The molecule has 0 aliphatic rings. The molecule has 18 heavy (non-hydrogen) atoms. The molecule has 3 N–H and O–H groups in total. The van der Waals surface area contributed by atoms with Crippen molar-refractivity contribution in [3.05, 3.63) is 27.7 Å². The van der Waals surface area contributed by atoms with Crippen molar-refractivity contribution in [3.63, 3.8) is 0 Å². The van der Waals surface area contributed by atoms with Gasteiger partial charge in [0.2, 0.25) is 0 Å². The van der Waals surface area contributed by atoms with Gasteiger partial charge in [-0.2, -0.15) is 13.2 Å². The van der Waals surface area contributed by atoms with E-state index in [1.54, 1.807) is 0 Å². The molecule has 1 aromatic rings. The molecule has 0 saturated heterocycles. The van der Waals surface area contributed by atoms with Crippen molar-refractivity contribution < 1.29 is 33.3 Å². The van der Waals surface area contributed by atoms with E-state index in [1.165, 1.54) is 0 Å². The van der Waals surface area contributed by atoms with Gasteiger partial charge in [0.1, 0.15) is 0 Å². The van der Waals surface area contributed by atoms with Gasteiger partial charge in [-0.05, 0) is 12.1 Å². The second-order valence-corrected chi connectivity index (χ2v) is 4.12. The average Bonchev–Trinajstić information content (AvgIpc) is 2.21. The summed E-state index contributed by atoms with van der Waals surface area (Å²) in [5.74, 6) is -3.25. The van der Waals surface area contributed by atoms with Crippen LogP contribution in [0.5, 0.6) is 5.75 Å². The van der Waals surface area contributed by atoms with Crippen LogP contribution >= 0.6 is 23.2 Å². The maximum absolute atomic E-state index is 12.6. The third-order valence-electron chi connectivity index (χ3n) is 2.15. The highest BCUT2D eigenvalue weighted by atomic mass is 35.5. The lowest BCUT2D eigenvalue weighted by Gasteiger charge is -2.26. The second-order valence-electron chi connectivity index (χ2n) is 3.30. The number of alkyl halides is 3. The summed E-state index contributed by atoms with van der Waals surface area (Å²) < 4.78 is 37.9. The Balaban J connectivity index is 3.56. The summed E-state index contributed by atoms with van der Waals surface area (Å²) in [5, 5.41) is 25.8. The van der Waals surface area contributed by atoms with Gasteiger partial charge in [0.25, 0.3) is 5.60 Å².